The van der Waals surface area contributed by atoms with Crippen LogP contribution >= 0.6 is 0 Å². The van der Waals surface area contributed by atoms with Crippen LogP contribution in [-0.2, 0) is 6.54 Å². The van der Waals surface area contributed by atoms with Gasteiger partial charge in [-0.05, 0) is 31.3 Å². The fourth-order valence-electron chi connectivity index (χ4n) is 1.15. The summed E-state index contributed by atoms with van der Waals surface area (Å²) in [6.45, 7) is 0.467. The van der Waals surface area contributed by atoms with Crippen LogP contribution in [0.4, 0.5) is 13.2 Å². The molecular formula is C10H11F3NO-. The zero-order chi connectivity index (χ0) is 11.5. The molecule has 0 saturated heterocycles. The van der Waals surface area contributed by atoms with Crippen LogP contribution in [0.3, 0.4) is 0 Å². The Morgan fingerprint density at radius 1 is 1.40 bits per heavy atom. The lowest BCUT2D eigenvalue weighted by Crippen LogP contribution is -2.17. The van der Waals surface area contributed by atoms with Crippen LogP contribution in [-0.4, -0.2) is 18.3 Å². The summed E-state index contributed by atoms with van der Waals surface area (Å²) in [7, 11) is 5.34. The minimum Gasteiger partial charge on any atom is -0.458 e. The third kappa shape index (κ3) is 4.69. The maximum absolute atomic E-state index is 11.9. The monoisotopic (exact) mass is 218 g/mol. The molecule has 0 atom stereocenters. The van der Waals surface area contributed by atoms with Crippen LogP contribution in [0.5, 0.6) is 5.75 Å². The first kappa shape index (κ1) is 11.8. The summed E-state index contributed by atoms with van der Waals surface area (Å²) < 4.78 is 39.5. The van der Waals surface area contributed by atoms with Gasteiger partial charge in [0.15, 0.2) is 0 Å². The van der Waals surface area contributed by atoms with Crippen molar-refractivity contribution in [2.24, 2.45) is 0 Å². The van der Waals surface area contributed by atoms with Crippen LogP contribution in [0, 0.1) is 7.05 Å². The lowest BCUT2D eigenvalue weighted by molar-refractivity contribution is -0.274. The molecule has 0 saturated carbocycles. The van der Waals surface area contributed by atoms with Crippen molar-refractivity contribution in [3.63, 3.8) is 0 Å². The molecule has 0 N–H and O–H groups in total. The first-order valence-corrected chi connectivity index (χ1v) is 4.23. The molecular weight excluding hydrogens is 207 g/mol. The van der Waals surface area contributed by atoms with E-state index in [1.807, 2.05) is 0 Å². The van der Waals surface area contributed by atoms with Crippen molar-refractivity contribution >= 4 is 0 Å². The van der Waals surface area contributed by atoms with Gasteiger partial charge >= 0.3 is 6.36 Å². The van der Waals surface area contributed by atoms with Crippen LogP contribution in [0.15, 0.2) is 24.3 Å². The SMILES string of the molecule is [CH2-]N(C)Cc1cccc(OC(F)(F)F)c1. The highest BCUT2D eigenvalue weighted by molar-refractivity contribution is 5.28. The highest BCUT2D eigenvalue weighted by Crippen LogP contribution is 2.23. The molecule has 2 nitrogen and oxygen atoms in total. The smallest absolute Gasteiger partial charge is 0.458 e. The minimum absolute atomic E-state index is 0.207. The average molecular weight is 218 g/mol. The summed E-state index contributed by atoms with van der Waals surface area (Å²) in [6, 6.07) is 5.83. The molecule has 0 radical (unpaired) electrons. The molecule has 15 heavy (non-hydrogen) atoms. The molecule has 0 fully saturated rings. The number of hydrogen-bond acceptors (Lipinski definition) is 2. The molecule has 5 heteroatoms. The van der Waals surface area contributed by atoms with Crippen molar-refractivity contribution in [3.05, 3.63) is 36.9 Å². The Balaban J connectivity index is 2.74. The van der Waals surface area contributed by atoms with Gasteiger partial charge in [0.05, 0.1) is 0 Å². The molecule has 84 valence electrons. The molecule has 0 spiro atoms. The van der Waals surface area contributed by atoms with Gasteiger partial charge in [-0.2, -0.15) is 0 Å². The topological polar surface area (TPSA) is 12.5 Å². The van der Waals surface area contributed by atoms with Crippen molar-refractivity contribution in [1.82, 2.24) is 4.90 Å². The standard InChI is InChI=1S/C10H11F3NO/c1-14(2)7-8-4-3-5-9(6-8)15-10(11,12)13/h3-6H,1,7H2,2H3/q-1. The van der Waals surface area contributed by atoms with Crippen LogP contribution < -0.4 is 4.74 Å². The number of rotatable bonds is 3. The number of hydrogen-bond donors (Lipinski definition) is 0. The van der Waals surface area contributed by atoms with Gasteiger partial charge < -0.3 is 9.64 Å². The number of ether oxygens (including phenoxy) is 1. The molecule has 1 aromatic carbocycles. The van der Waals surface area contributed by atoms with Gasteiger partial charge in [-0.25, -0.2) is 0 Å². The van der Waals surface area contributed by atoms with Crippen molar-refractivity contribution in [2.75, 3.05) is 7.05 Å². The zero-order valence-corrected chi connectivity index (χ0v) is 8.21. The van der Waals surface area contributed by atoms with E-state index < -0.39 is 6.36 Å². The van der Waals surface area contributed by atoms with E-state index in [2.05, 4.69) is 11.8 Å². The van der Waals surface area contributed by atoms with Gasteiger partial charge in [0.2, 0.25) is 0 Å². The predicted molar refractivity (Wildman–Crippen MR) is 49.9 cm³/mol. The van der Waals surface area contributed by atoms with Crippen LogP contribution in [0.1, 0.15) is 5.56 Å². The maximum Gasteiger partial charge on any atom is 0.573 e. The van der Waals surface area contributed by atoms with Gasteiger partial charge in [-0.1, -0.05) is 12.1 Å². The van der Waals surface area contributed by atoms with Crippen LogP contribution in [0.2, 0.25) is 0 Å². The first-order valence-electron chi connectivity index (χ1n) is 4.23. The molecule has 0 aromatic heterocycles. The van der Waals surface area contributed by atoms with E-state index in [1.54, 1.807) is 18.0 Å². The van der Waals surface area contributed by atoms with E-state index in [1.165, 1.54) is 18.2 Å². The minimum atomic E-state index is -4.64. The predicted octanol–water partition coefficient (Wildman–Crippen LogP) is 2.81. The number of alkyl halides is 3. The number of benzene rings is 1. The Hall–Kier alpha value is -1.23. The molecule has 0 aliphatic heterocycles. The summed E-state index contributed by atoms with van der Waals surface area (Å²) >= 11 is 0. The molecule has 0 amide bonds. The Morgan fingerprint density at radius 2 is 2.07 bits per heavy atom. The Morgan fingerprint density at radius 3 is 2.60 bits per heavy atom. The summed E-state index contributed by atoms with van der Waals surface area (Å²) in [5.74, 6) is -0.207. The van der Waals surface area contributed by atoms with Gasteiger partial charge in [-0.15, -0.1) is 13.2 Å². The van der Waals surface area contributed by atoms with E-state index in [0.29, 0.717) is 12.1 Å². The molecule has 0 bridgehead atoms. The molecule has 0 unspecified atom stereocenters. The highest BCUT2D eigenvalue weighted by atomic mass is 19.4. The second kappa shape index (κ2) is 4.53. The second-order valence-electron chi connectivity index (χ2n) is 3.21. The van der Waals surface area contributed by atoms with Gasteiger partial charge in [-0.3, -0.25) is 7.05 Å². The number of halogens is 3. The van der Waals surface area contributed by atoms with E-state index in [9.17, 15) is 13.2 Å². The third-order valence-electron chi connectivity index (χ3n) is 1.58. The lowest BCUT2D eigenvalue weighted by atomic mass is 10.2. The van der Waals surface area contributed by atoms with Crippen molar-refractivity contribution in [1.29, 1.82) is 0 Å². The average Bonchev–Trinajstić information content (AvgIpc) is 1.99. The highest BCUT2D eigenvalue weighted by Gasteiger charge is 2.30. The van der Waals surface area contributed by atoms with E-state index in [-0.39, 0.29) is 5.75 Å². The normalized spacial score (nSPS) is 11.9. The fourth-order valence-corrected chi connectivity index (χ4v) is 1.15. The van der Waals surface area contributed by atoms with E-state index >= 15 is 0 Å². The van der Waals surface area contributed by atoms with Gasteiger partial charge in [0, 0.05) is 0 Å². The molecule has 0 aliphatic carbocycles. The van der Waals surface area contributed by atoms with Gasteiger partial charge in [0.25, 0.3) is 0 Å². The maximum atomic E-state index is 11.9. The molecule has 0 heterocycles. The van der Waals surface area contributed by atoms with Crippen molar-refractivity contribution < 1.29 is 17.9 Å². The molecule has 0 aliphatic rings. The van der Waals surface area contributed by atoms with E-state index in [0.717, 1.165) is 0 Å². The van der Waals surface area contributed by atoms with Crippen molar-refractivity contribution in [2.45, 2.75) is 12.9 Å². The van der Waals surface area contributed by atoms with E-state index in [4.69, 9.17) is 0 Å². The third-order valence-corrected chi connectivity index (χ3v) is 1.58. The number of nitrogens with zero attached hydrogens (tertiary/aromatic N) is 1. The summed E-state index contributed by atoms with van der Waals surface area (Å²) in [5.41, 5.74) is 0.717. The molecule has 1 rings (SSSR count). The lowest BCUT2D eigenvalue weighted by Gasteiger charge is -2.18. The quantitative estimate of drug-likeness (QED) is 0.723. The molecule has 1 aromatic rings. The van der Waals surface area contributed by atoms with Crippen LogP contribution in [0.25, 0.3) is 0 Å². The first-order chi connectivity index (χ1) is 6.87. The Bertz CT molecular complexity index is 323. The summed E-state index contributed by atoms with van der Waals surface area (Å²) in [6.07, 6.45) is -4.64. The Labute approximate surface area is 86.3 Å². The van der Waals surface area contributed by atoms with Gasteiger partial charge in [0.1, 0.15) is 5.75 Å². The Kier molecular flexibility index (Phi) is 3.57. The summed E-state index contributed by atoms with van der Waals surface area (Å²) in [4.78, 5) is 1.62. The summed E-state index contributed by atoms with van der Waals surface area (Å²) in [5, 5.41) is 0. The largest absolute Gasteiger partial charge is 0.573 e. The zero-order valence-electron chi connectivity index (χ0n) is 8.21. The second-order valence-corrected chi connectivity index (χ2v) is 3.21. The fraction of sp³-hybridized carbons (Fsp3) is 0.300. The van der Waals surface area contributed by atoms with Crippen molar-refractivity contribution in [3.8, 4) is 5.75 Å².